The molecule has 1 heterocycles. The Morgan fingerprint density at radius 2 is 1.84 bits per heavy atom. The SMILES string of the molecule is CCOC(=O)N[C@@H](CC(=O)N/N=C\c1ccc(OCc2ccc3c(c2)OCO3)c(OC)c1)c1ccccc1. The minimum atomic E-state index is -0.592. The predicted octanol–water partition coefficient (Wildman–Crippen LogP) is 4.33. The summed E-state index contributed by atoms with van der Waals surface area (Å²) in [4.78, 5) is 24.5. The Labute approximate surface area is 220 Å². The van der Waals surface area contributed by atoms with E-state index < -0.39 is 12.1 Å². The van der Waals surface area contributed by atoms with Crippen molar-refractivity contribution in [3.8, 4) is 23.0 Å². The largest absolute Gasteiger partial charge is 0.493 e. The Morgan fingerprint density at radius 3 is 2.63 bits per heavy atom. The molecule has 10 heteroatoms. The van der Waals surface area contributed by atoms with Crippen LogP contribution in [0.1, 0.15) is 36.1 Å². The average molecular weight is 520 g/mol. The van der Waals surface area contributed by atoms with E-state index in [-0.39, 0.29) is 25.7 Å². The molecule has 2 N–H and O–H groups in total. The predicted molar refractivity (Wildman–Crippen MR) is 140 cm³/mol. The maximum atomic E-state index is 12.5. The van der Waals surface area contributed by atoms with Crippen molar-refractivity contribution in [1.82, 2.24) is 10.7 Å². The molecule has 1 atom stereocenters. The van der Waals surface area contributed by atoms with Crippen LogP contribution in [-0.2, 0) is 16.1 Å². The summed E-state index contributed by atoms with van der Waals surface area (Å²) < 4.78 is 27.1. The number of amides is 2. The van der Waals surface area contributed by atoms with Crippen LogP contribution >= 0.6 is 0 Å². The standard InChI is InChI=1S/C28H29N3O7/c1-3-35-28(33)30-22(21-7-5-4-6-8-21)15-27(32)31-29-16-19-9-11-23(25(13-19)34-2)36-17-20-10-12-24-26(14-20)38-18-37-24/h4-14,16,22H,3,15,17-18H2,1-2H3,(H,30,33)(H,31,32)/b29-16-/t22-/m0/s1. The molecule has 1 aliphatic rings. The summed E-state index contributed by atoms with van der Waals surface area (Å²) in [6, 6.07) is 19.6. The molecule has 0 fully saturated rings. The number of nitrogens with zero attached hydrogens (tertiary/aromatic N) is 1. The van der Waals surface area contributed by atoms with Gasteiger partial charge in [0, 0.05) is 0 Å². The summed E-state index contributed by atoms with van der Waals surface area (Å²) in [5.74, 6) is 2.11. The summed E-state index contributed by atoms with van der Waals surface area (Å²) in [5, 5.41) is 6.76. The molecule has 0 aromatic heterocycles. The second-order valence-corrected chi connectivity index (χ2v) is 8.21. The molecule has 0 radical (unpaired) electrons. The summed E-state index contributed by atoms with van der Waals surface area (Å²) in [5.41, 5.74) is 4.90. The quantitative estimate of drug-likeness (QED) is 0.286. The van der Waals surface area contributed by atoms with Crippen molar-refractivity contribution in [2.45, 2.75) is 26.0 Å². The third-order valence-corrected chi connectivity index (χ3v) is 5.58. The second kappa shape index (κ2) is 13.0. The third kappa shape index (κ3) is 7.16. The van der Waals surface area contributed by atoms with Gasteiger partial charge in [0.2, 0.25) is 12.7 Å². The molecule has 10 nitrogen and oxygen atoms in total. The molecular weight excluding hydrogens is 490 g/mol. The van der Waals surface area contributed by atoms with E-state index in [0.29, 0.717) is 35.2 Å². The van der Waals surface area contributed by atoms with Gasteiger partial charge in [-0.2, -0.15) is 5.10 Å². The normalized spacial score (nSPS) is 12.6. The molecule has 4 rings (SSSR count). The van der Waals surface area contributed by atoms with Gasteiger partial charge in [0.25, 0.3) is 0 Å². The van der Waals surface area contributed by atoms with Crippen LogP contribution in [-0.4, -0.2) is 38.7 Å². The average Bonchev–Trinajstić information content (AvgIpc) is 3.40. The number of carbonyl (C=O) groups is 2. The number of methoxy groups -OCH3 is 1. The van der Waals surface area contributed by atoms with Crippen molar-refractivity contribution >= 4 is 18.2 Å². The second-order valence-electron chi connectivity index (χ2n) is 8.21. The minimum Gasteiger partial charge on any atom is -0.493 e. The molecule has 198 valence electrons. The van der Waals surface area contributed by atoms with Crippen molar-refractivity contribution in [2.75, 3.05) is 20.5 Å². The van der Waals surface area contributed by atoms with Gasteiger partial charge in [-0.15, -0.1) is 0 Å². The van der Waals surface area contributed by atoms with Crippen LogP contribution in [0, 0.1) is 0 Å². The molecule has 1 aliphatic heterocycles. The highest BCUT2D eigenvalue weighted by Gasteiger charge is 2.19. The molecule has 2 amide bonds. The molecule has 3 aromatic rings. The first kappa shape index (κ1) is 26.3. The van der Waals surface area contributed by atoms with Gasteiger partial charge in [0.15, 0.2) is 23.0 Å². The van der Waals surface area contributed by atoms with Gasteiger partial charge in [0.05, 0.1) is 32.4 Å². The monoisotopic (exact) mass is 519 g/mol. The smallest absolute Gasteiger partial charge is 0.407 e. The fraction of sp³-hybridized carbons (Fsp3) is 0.250. The Morgan fingerprint density at radius 1 is 1.03 bits per heavy atom. The van der Waals surface area contributed by atoms with Gasteiger partial charge >= 0.3 is 6.09 Å². The Balaban J connectivity index is 1.33. The number of fused-ring (bicyclic) bond motifs is 1. The molecule has 0 aliphatic carbocycles. The van der Waals surface area contributed by atoms with Gasteiger partial charge in [0.1, 0.15) is 6.61 Å². The van der Waals surface area contributed by atoms with Crippen LogP contribution in [0.3, 0.4) is 0 Å². The lowest BCUT2D eigenvalue weighted by Crippen LogP contribution is -2.33. The molecule has 0 spiro atoms. The lowest BCUT2D eigenvalue weighted by atomic mass is 10.0. The van der Waals surface area contributed by atoms with E-state index >= 15 is 0 Å². The highest BCUT2D eigenvalue weighted by atomic mass is 16.7. The van der Waals surface area contributed by atoms with Crippen LogP contribution in [0.2, 0.25) is 0 Å². The van der Waals surface area contributed by atoms with E-state index in [1.807, 2.05) is 48.5 Å². The fourth-order valence-electron chi connectivity index (χ4n) is 3.74. The Bertz CT molecular complexity index is 1280. The number of rotatable bonds is 11. The van der Waals surface area contributed by atoms with Gasteiger partial charge < -0.3 is 29.0 Å². The summed E-state index contributed by atoms with van der Waals surface area (Å²) in [7, 11) is 1.55. The number of carbonyl (C=O) groups excluding carboxylic acids is 2. The van der Waals surface area contributed by atoms with Crippen LogP contribution < -0.4 is 29.7 Å². The number of hydrogen-bond donors (Lipinski definition) is 2. The lowest BCUT2D eigenvalue weighted by Gasteiger charge is -2.18. The Kier molecular flexibility index (Phi) is 9.01. The first-order valence-electron chi connectivity index (χ1n) is 12.0. The van der Waals surface area contributed by atoms with Crippen molar-refractivity contribution in [2.24, 2.45) is 5.10 Å². The number of alkyl carbamates (subject to hydrolysis) is 1. The van der Waals surface area contributed by atoms with E-state index in [2.05, 4.69) is 15.8 Å². The zero-order valence-corrected chi connectivity index (χ0v) is 21.1. The molecule has 0 bridgehead atoms. The summed E-state index contributed by atoms with van der Waals surface area (Å²) >= 11 is 0. The Hall–Kier alpha value is -4.73. The maximum Gasteiger partial charge on any atom is 0.407 e. The van der Waals surface area contributed by atoms with E-state index in [9.17, 15) is 9.59 Å². The van der Waals surface area contributed by atoms with Crippen molar-refractivity contribution < 1.29 is 33.3 Å². The number of benzene rings is 3. The first-order valence-corrected chi connectivity index (χ1v) is 12.0. The first-order chi connectivity index (χ1) is 18.6. The number of ether oxygens (including phenoxy) is 5. The summed E-state index contributed by atoms with van der Waals surface area (Å²) in [6.45, 7) is 2.48. The van der Waals surface area contributed by atoms with Gasteiger partial charge in [-0.25, -0.2) is 10.2 Å². The maximum absolute atomic E-state index is 12.5. The van der Waals surface area contributed by atoms with Crippen LogP contribution in [0.5, 0.6) is 23.0 Å². The van der Waals surface area contributed by atoms with E-state index in [1.54, 1.807) is 32.2 Å². The molecule has 38 heavy (non-hydrogen) atoms. The number of nitrogens with one attached hydrogen (secondary N) is 2. The molecule has 0 saturated carbocycles. The zero-order valence-electron chi connectivity index (χ0n) is 21.1. The highest BCUT2D eigenvalue weighted by Crippen LogP contribution is 2.33. The zero-order chi connectivity index (χ0) is 26.7. The molecular formula is C28H29N3O7. The fourth-order valence-corrected chi connectivity index (χ4v) is 3.74. The molecule has 0 unspecified atom stereocenters. The number of hydrazone groups is 1. The minimum absolute atomic E-state index is 0.0177. The third-order valence-electron chi connectivity index (χ3n) is 5.58. The molecule has 0 saturated heterocycles. The molecule has 3 aromatic carbocycles. The van der Waals surface area contributed by atoms with Gasteiger partial charge in [-0.1, -0.05) is 36.4 Å². The topological polar surface area (TPSA) is 117 Å². The van der Waals surface area contributed by atoms with Crippen LogP contribution in [0.4, 0.5) is 4.79 Å². The van der Waals surface area contributed by atoms with Crippen LogP contribution in [0.15, 0.2) is 71.8 Å². The summed E-state index contributed by atoms with van der Waals surface area (Å²) in [6.07, 6.45) is 0.889. The van der Waals surface area contributed by atoms with Crippen molar-refractivity contribution in [3.63, 3.8) is 0 Å². The van der Waals surface area contributed by atoms with Crippen LogP contribution in [0.25, 0.3) is 0 Å². The van der Waals surface area contributed by atoms with Crippen molar-refractivity contribution in [1.29, 1.82) is 0 Å². The van der Waals surface area contributed by atoms with E-state index in [0.717, 1.165) is 11.1 Å². The lowest BCUT2D eigenvalue weighted by molar-refractivity contribution is -0.121. The highest BCUT2D eigenvalue weighted by molar-refractivity contribution is 5.83. The van der Waals surface area contributed by atoms with Gasteiger partial charge in [-0.05, 0) is 53.9 Å². The van der Waals surface area contributed by atoms with E-state index in [4.69, 9.17) is 23.7 Å². The van der Waals surface area contributed by atoms with Gasteiger partial charge in [-0.3, -0.25) is 4.79 Å². The number of hydrogen-bond acceptors (Lipinski definition) is 8. The van der Waals surface area contributed by atoms with Crippen molar-refractivity contribution in [3.05, 3.63) is 83.4 Å². The van der Waals surface area contributed by atoms with E-state index in [1.165, 1.54) is 6.21 Å².